The van der Waals surface area contributed by atoms with Gasteiger partial charge in [-0.25, -0.2) is 0 Å². The second-order valence-electron chi connectivity index (χ2n) is 0. The topological polar surface area (TPSA) is 342 Å². The molecule has 0 spiro atoms. The zero-order valence-corrected chi connectivity index (χ0v) is 21.0. The van der Waals surface area contributed by atoms with E-state index in [1.54, 1.807) is 0 Å². The van der Waals surface area contributed by atoms with Crippen molar-refractivity contribution in [1.29, 1.82) is 0 Å². The predicted molar refractivity (Wildman–Crippen MR) is 8.24 cm³/mol. The molecule has 17 heavy (non-hydrogen) atoms. The molecular formula is O12Sm2W3-18. The first kappa shape index (κ1) is 481. The Balaban J connectivity index is 0. The Hall–Kier alpha value is 4.26. The molecule has 0 aromatic heterocycles. The molecule has 0 unspecified atom stereocenters. The van der Waals surface area contributed by atoms with Gasteiger partial charge in [-0.05, 0) is 0 Å². The van der Waals surface area contributed by atoms with Crippen molar-refractivity contribution in [3.8, 4) is 0 Å². The minimum absolute atomic E-state index is 0. The fourth-order valence-corrected chi connectivity index (χ4v) is 0. The minimum Gasteiger partial charge on any atom is -2.00 e. The molecule has 0 saturated carbocycles. The van der Waals surface area contributed by atoms with Gasteiger partial charge >= 0.3 is 80.8 Å². The summed E-state index contributed by atoms with van der Waals surface area (Å²) in [6, 6.07) is 0. The van der Waals surface area contributed by atoms with Crippen molar-refractivity contribution in [2.45, 2.75) is 0 Å². The maximum atomic E-state index is 0. The molecule has 0 heterocycles. The van der Waals surface area contributed by atoms with Crippen molar-refractivity contribution >= 4 is 0 Å². The van der Waals surface area contributed by atoms with Gasteiger partial charge in [0.25, 0.3) is 0 Å². The van der Waals surface area contributed by atoms with E-state index in [2.05, 4.69) is 0 Å². The normalized spacial score (nSPS) is 0. The third kappa shape index (κ3) is 372. The molecule has 0 rings (SSSR count). The van der Waals surface area contributed by atoms with Gasteiger partial charge in [0.15, 0.2) is 0 Å². The van der Waals surface area contributed by atoms with Gasteiger partial charge in [-0.1, -0.05) is 0 Å². The van der Waals surface area contributed by atoms with E-state index in [9.17, 15) is 0 Å². The van der Waals surface area contributed by atoms with Crippen LogP contribution in [0.1, 0.15) is 0 Å². The van der Waals surface area contributed by atoms with Gasteiger partial charge in [-0.2, -0.15) is 0 Å². The van der Waals surface area contributed by atoms with Crippen molar-refractivity contribution in [3.63, 3.8) is 0 Å². The van der Waals surface area contributed by atoms with Crippen molar-refractivity contribution in [3.05, 3.63) is 0 Å². The summed E-state index contributed by atoms with van der Waals surface area (Å²) in [5.41, 5.74) is 0. The van der Waals surface area contributed by atoms with Crippen molar-refractivity contribution in [1.82, 2.24) is 0 Å². The molecule has 0 amide bonds. The molecule has 0 atom stereocenters. The Morgan fingerprint density at radius 3 is 0.176 bits per heavy atom. The van der Waals surface area contributed by atoms with Crippen LogP contribution in [0.5, 0.6) is 0 Å². The van der Waals surface area contributed by atoms with Crippen molar-refractivity contribution in [2.24, 2.45) is 0 Å². The van der Waals surface area contributed by atoms with Crippen LogP contribution in [0.3, 0.4) is 0 Å². The average Bonchev–Trinajstić information content (AvgIpc) is 0. The van der Waals surface area contributed by atoms with Gasteiger partial charge in [0, 0.05) is 63.2 Å². The molecule has 0 aliphatic heterocycles. The summed E-state index contributed by atoms with van der Waals surface area (Å²) in [7, 11) is 0. The van der Waals surface area contributed by atoms with E-state index in [1.165, 1.54) is 0 Å². The van der Waals surface area contributed by atoms with Gasteiger partial charge < -0.3 is 65.7 Å². The molecule has 0 aliphatic rings. The Bertz CT molecular complexity index is 19.7. The summed E-state index contributed by atoms with van der Waals surface area (Å²) in [5, 5.41) is 0. The third-order valence-corrected chi connectivity index (χ3v) is 0. The molecule has 120 valence electrons. The zero-order valence-electron chi connectivity index (χ0n) is 6.94. The van der Waals surface area contributed by atoms with E-state index in [4.69, 9.17) is 0 Å². The number of hydrogen-bond donors (Lipinski definition) is 0. The van der Waals surface area contributed by atoms with Gasteiger partial charge in [0.2, 0.25) is 0 Å². The summed E-state index contributed by atoms with van der Waals surface area (Å²) < 4.78 is 0. The second-order valence-corrected chi connectivity index (χ2v) is 0. The summed E-state index contributed by atoms with van der Waals surface area (Å²) >= 11 is 0. The minimum atomic E-state index is 0. The van der Waals surface area contributed by atoms with Crippen molar-refractivity contribution < 1.29 is 210 Å². The molecule has 0 aliphatic carbocycles. The fraction of sp³-hybridized carbons (Fsp3) is 0. The van der Waals surface area contributed by atoms with E-state index in [-0.39, 0.29) is 210 Å². The van der Waals surface area contributed by atoms with E-state index in [1.807, 2.05) is 0 Å². The van der Waals surface area contributed by atoms with E-state index in [0.29, 0.717) is 0 Å². The summed E-state index contributed by atoms with van der Waals surface area (Å²) in [6.07, 6.45) is 0. The van der Waals surface area contributed by atoms with Gasteiger partial charge in [0.05, 0.1) is 0 Å². The smallest absolute Gasteiger partial charge is 2.00 e. The SMILES string of the molecule is [O-2].[O-2].[O-2].[O-2].[O-2].[O-2].[O-2].[O-2].[O-2].[O-2].[O-2].[O-2].[Sm+3].[Sm+3].[W].[W].[W]. The van der Waals surface area contributed by atoms with E-state index >= 15 is 0 Å². The summed E-state index contributed by atoms with van der Waals surface area (Å²) in [5.74, 6) is 0. The standard InChI is InChI=1S/12O.2Sm.3W/q12*-2;2*+3;;;. The van der Waals surface area contributed by atoms with Crippen LogP contribution in [-0.4, -0.2) is 0 Å². The van der Waals surface area contributed by atoms with Crippen LogP contribution in [0.25, 0.3) is 0 Å². The first-order chi connectivity index (χ1) is 0. The Morgan fingerprint density at radius 1 is 0.176 bits per heavy atom. The third-order valence-electron chi connectivity index (χ3n) is 0. The molecule has 0 bridgehead atoms. The molecule has 2 radical (unpaired) electrons. The number of hydrogen-bond acceptors (Lipinski definition) is 0. The van der Waals surface area contributed by atoms with Crippen LogP contribution in [0, 0.1) is 80.8 Å². The molecule has 0 aromatic rings. The van der Waals surface area contributed by atoms with Crippen LogP contribution < -0.4 is 0 Å². The second kappa shape index (κ2) is 414. The number of rotatable bonds is 0. The quantitative estimate of drug-likeness (QED) is 0.270. The maximum Gasteiger partial charge on any atom is 3.00 e. The summed E-state index contributed by atoms with van der Waals surface area (Å²) in [4.78, 5) is 0. The summed E-state index contributed by atoms with van der Waals surface area (Å²) in [6.45, 7) is 0. The molecular weight excluding hydrogens is 1040 g/mol. The molecule has 0 saturated heterocycles. The Morgan fingerprint density at radius 2 is 0.176 bits per heavy atom. The van der Waals surface area contributed by atoms with Gasteiger partial charge in [0.1, 0.15) is 0 Å². The fourth-order valence-electron chi connectivity index (χ4n) is 0. The first-order valence-electron chi connectivity index (χ1n) is 0. The Labute approximate surface area is 206 Å². The van der Waals surface area contributed by atoms with Gasteiger partial charge in [-0.3, -0.25) is 0 Å². The van der Waals surface area contributed by atoms with Crippen LogP contribution in [0.2, 0.25) is 0 Å². The molecule has 0 fully saturated rings. The van der Waals surface area contributed by atoms with Crippen LogP contribution in [-0.2, 0) is 129 Å². The molecule has 17 heteroatoms. The molecule has 0 aromatic carbocycles. The average molecular weight is 1040 g/mol. The predicted octanol–water partition coefficient (Wildman–Crippen LogP) is -1.43. The largest absolute Gasteiger partial charge is 3.00 e. The van der Waals surface area contributed by atoms with Gasteiger partial charge in [-0.15, -0.1) is 0 Å². The monoisotopic (exact) mass is 1050 g/mol. The Kier molecular flexibility index (Phi) is 11700. The molecule has 12 nitrogen and oxygen atoms in total. The maximum absolute atomic E-state index is 0. The molecule has 0 N–H and O–H groups in total. The van der Waals surface area contributed by atoms with E-state index < -0.39 is 0 Å². The van der Waals surface area contributed by atoms with Crippen LogP contribution in [0.15, 0.2) is 0 Å². The van der Waals surface area contributed by atoms with Crippen LogP contribution >= 0.6 is 0 Å². The van der Waals surface area contributed by atoms with E-state index in [0.717, 1.165) is 0 Å². The zero-order chi connectivity index (χ0) is 0. The van der Waals surface area contributed by atoms with Crippen molar-refractivity contribution in [2.75, 3.05) is 0 Å². The van der Waals surface area contributed by atoms with Crippen LogP contribution in [0.4, 0.5) is 0 Å². The first-order valence-corrected chi connectivity index (χ1v) is 0.